The summed E-state index contributed by atoms with van der Waals surface area (Å²) in [5, 5.41) is 54.3. The summed E-state index contributed by atoms with van der Waals surface area (Å²) in [5.41, 5.74) is 0. The standard InChI is InChI=1S/C7H15O11P/c8-1-2(9)3(10)4(11)5(12)6(13)7(14)18-19(15,16)17/h2-6,8-13H,1H2,(H2,15,16,17). The smallest absolute Gasteiger partial charge is 0.394 e. The number of rotatable bonds is 7. The maximum atomic E-state index is 10.9. The van der Waals surface area contributed by atoms with Crippen LogP contribution in [0.15, 0.2) is 0 Å². The van der Waals surface area contributed by atoms with Gasteiger partial charge in [-0.25, -0.2) is 9.36 Å². The highest BCUT2D eigenvalue weighted by Gasteiger charge is 2.39. The Hall–Kier alpha value is -0.620. The van der Waals surface area contributed by atoms with E-state index in [1.807, 2.05) is 0 Å². The quantitative estimate of drug-likeness (QED) is 0.210. The second kappa shape index (κ2) is 7.24. The Morgan fingerprint density at radius 3 is 1.84 bits per heavy atom. The van der Waals surface area contributed by atoms with Crippen molar-refractivity contribution < 1.29 is 54.3 Å². The Morgan fingerprint density at radius 2 is 1.47 bits per heavy atom. The molecule has 8 N–H and O–H groups in total. The van der Waals surface area contributed by atoms with E-state index in [-0.39, 0.29) is 0 Å². The van der Waals surface area contributed by atoms with Gasteiger partial charge in [0.05, 0.1) is 6.61 Å². The minimum Gasteiger partial charge on any atom is -0.394 e. The summed E-state index contributed by atoms with van der Waals surface area (Å²) in [6, 6.07) is 0. The van der Waals surface area contributed by atoms with E-state index in [1.54, 1.807) is 0 Å². The zero-order valence-corrected chi connectivity index (χ0v) is 10.2. The van der Waals surface area contributed by atoms with E-state index in [9.17, 15) is 24.7 Å². The number of carbonyl (C=O) groups is 1. The van der Waals surface area contributed by atoms with Crippen LogP contribution < -0.4 is 0 Å². The number of aliphatic hydroxyl groups is 6. The number of aliphatic hydroxyl groups excluding tert-OH is 6. The van der Waals surface area contributed by atoms with Crippen molar-refractivity contribution >= 4 is 13.8 Å². The number of hydrogen-bond acceptors (Lipinski definition) is 9. The van der Waals surface area contributed by atoms with Gasteiger partial charge in [0.1, 0.15) is 24.4 Å². The molecular weight excluding hydrogens is 291 g/mol. The Labute approximate surface area is 106 Å². The van der Waals surface area contributed by atoms with Crippen molar-refractivity contribution in [1.29, 1.82) is 0 Å². The fourth-order valence-corrected chi connectivity index (χ4v) is 1.38. The van der Waals surface area contributed by atoms with Gasteiger partial charge in [0, 0.05) is 0 Å². The van der Waals surface area contributed by atoms with Gasteiger partial charge in [0.15, 0.2) is 6.10 Å². The van der Waals surface area contributed by atoms with E-state index in [2.05, 4.69) is 4.52 Å². The van der Waals surface area contributed by atoms with Crippen molar-refractivity contribution in [3.63, 3.8) is 0 Å². The van der Waals surface area contributed by atoms with Crippen molar-refractivity contribution in [3.8, 4) is 0 Å². The van der Waals surface area contributed by atoms with Gasteiger partial charge in [0.25, 0.3) is 0 Å². The van der Waals surface area contributed by atoms with Crippen LogP contribution in [0.25, 0.3) is 0 Å². The molecule has 12 heteroatoms. The van der Waals surface area contributed by atoms with Crippen molar-refractivity contribution in [2.24, 2.45) is 0 Å². The summed E-state index contributed by atoms with van der Waals surface area (Å²) in [7, 11) is -5.25. The molecule has 0 fully saturated rings. The molecule has 0 aliphatic rings. The maximum Gasteiger partial charge on any atom is 0.527 e. The fraction of sp³-hybridized carbons (Fsp3) is 0.857. The zero-order chi connectivity index (χ0) is 15.4. The lowest BCUT2D eigenvalue weighted by atomic mass is 9.99. The molecule has 0 aromatic heterocycles. The van der Waals surface area contributed by atoms with E-state index in [0.717, 1.165) is 0 Å². The molecule has 0 saturated carbocycles. The van der Waals surface area contributed by atoms with Crippen molar-refractivity contribution in [2.75, 3.05) is 6.61 Å². The molecule has 0 rings (SSSR count). The molecule has 0 radical (unpaired) electrons. The fourth-order valence-electron chi connectivity index (χ4n) is 1.04. The average molecular weight is 306 g/mol. The minimum atomic E-state index is -5.25. The third-order valence-corrected chi connectivity index (χ3v) is 2.47. The SMILES string of the molecule is O=C(OP(=O)(O)O)C(O)C(O)C(O)C(O)C(O)CO. The summed E-state index contributed by atoms with van der Waals surface area (Å²) < 4.78 is 13.8. The van der Waals surface area contributed by atoms with Crippen LogP contribution in [0, 0.1) is 0 Å². The topological polar surface area (TPSA) is 205 Å². The molecule has 19 heavy (non-hydrogen) atoms. The molecular formula is C7H15O11P. The molecule has 5 atom stereocenters. The third kappa shape index (κ3) is 5.91. The lowest BCUT2D eigenvalue weighted by molar-refractivity contribution is -0.168. The Balaban J connectivity index is 4.67. The molecule has 114 valence electrons. The number of phosphoric acid groups is 1. The maximum absolute atomic E-state index is 10.9. The molecule has 0 aliphatic heterocycles. The highest BCUT2D eigenvalue weighted by Crippen LogP contribution is 2.36. The highest BCUT2D eigenvalue weighted by molar-refractivity contribution is 7.46. The molecule has 0 spiro atoms. The van der Waals surface area contributed by atoms with E-state index in [0.29, 0.717) is 0 Å². The van der Waals surface area contributed by atoms with Crippen LogP contribution >= 0.6 is 7.82 Å². The zero-order valence-electron chi connectivity index (χ0n) is 9.34. The second-order valence-corrected chi connectivity index (χ2v) is 4.73. The van der Waals surface area contributed by atoms with Crippen molar-refractivity contribution in [3.05, 3.63) is 0 Å². The Kier molecular flexibility index (Phi) is 7.00. The van der Waals surface area contributed by atoms with Gasteiger partial charge in [-0.2, -0.15) is 0 Å². The summed E-state index contributed by atoms with van der Waals surface area (Å²) in [4.78, 5) is 27.5. The average Bonchev–Trinajstić information content (AvgIpc) is 2.31. The van der Waals surface area contributed by atoms with Crippen molar-refractivity contribution in [2.45, 2.75) is 30.5 Å². The van der Waals surface area contributed by atoms with Crippen LogP contribution in [0.4, 0.5) is 0 Å². The molecule has 5 unspecified atom stereocenters. The monoisotopic (exact) mass is 306 g/mol. The van der Waals surface area contributed by atoms with Crippen LogP contribution in [0.5, 0.6) is 0 Å². The van der Waals surface area contributed by atoms with E-state index in [4.69, 9.17) is 25.1 Å². The Bertz CT molecular complexity index is 340. The van der Waals surface area contributed by atoms with Gasteiger partial charge in [-0.1, -0.05) is 0 Å². The number of phosphoric ester groups is 1. The first-order valence-electron chi connectivity index (χ1n) is 4.81. The van der Waals surface area contributed by atoms with Gasteiger partial charge >= 0.3 is 13.8 Å². The summed E-state index contributed by atoms with van der Waals surface area (Å²) >= 11 is 0. The van der Waals surface area contributed by atoms with Crippen LogP contribution in [0.3, 0.4) is 0 Å². The summed E-state index contributed by atoms with van der Waals surface area (Å²) in [6.45, 7) is -0.978. The van der Waals surface area contributed by atoms with E-state index >= 15 is 0 Å². The normalized spacial score (nSPS) is 20.2. The van der Waals surface area contributed by atoms with Gasteiger partial charge < -0.3 is 35.2 Å². The molecule has 0 aromatic rings. The predicted molar refractivity (Wildman–Crippen MR) is 55.3 cm³/mol. The lowest BCUT2D eigenvalue weighted by Gasteiger charge is -2.27. The predicted octanol–water partition coefficient (Wildman–Crippen LogP) is -4.58. The number of hydrogen-bond donors (Lipinski definition) is 8. The van der Waals surface area contributed by atoms with E-state index in [1.165, 1.54) is 0 Å². The van der Waals surface area contributed by atoms with Crippen molar-refractivity contribution in [1.82, 2.24) is 0 Å². The molecule has 0 heterocycles. The Morgan fingerprint density at radius 1 is 1.00 bits per heavy atom. The van der Waals surface area contributed by atoms with Crippen LogP contribution in [0.1, 0.15) is 0 Å². The van der Waals surface area contributed by atoms with Gasteiger partial charge in [-0.3, -0.25) is 9.79 Å². The largest absolute Gasteiger partial charge is 0.527 e. The third-order valence-electron chi connectivity index (χ3n) is 2.05. The first-order chi connectivity index (χ1) is 8.51. The molecule has 0 bridgehead atoms. The van der Waals surface area contributed by atoms with Crippen LogP contribution in [-0.2, 0) is 13.9 Å². The molecule has 0 amide bonds. The van der Waals surface area contributed by atoms with E-state index < -0.39 is 50.9 Å². The van der Waals surface area contributed by atoms with Gasteiger partial charge in [-0.15, -0.1) is 0 Å². The lowest BCUT2D eigenvalue weighted by Crippen LogP contribution is -2.52. The highest BCUT2D eigenvalue weighted by atomic mass is 31.2. The first kappa shape index (κ1) is 18.4. The summed E-state index contributed by atoms with van der Waals surface area (Å²) in [6.07, 6.45) is -11.2. The first-order valence-corrected chi connectivity index (χ1v) is 6.34. The van der Waals surface area contributed by atoms with Gasteiger partial charge in [-0.05, 0) is 0 Å². The summed E-state index contributed by atoms with van der Waals surface area (Å²) in [5.74, 6) is -1.94. The van der Waals surface area contributed by atoms with Crippen LogP contribution in [-0.4, -0.2) is 83.5 Å². The number of carbonyl (C=O) groups excluding carboxylic acids is 1. The second-order valence-electron chi connectivity index (χ2n) is 3.57. The minimum absolute atomic E-state index is 0.978. The molecule has 0 saturated heterocycles. The molecule has 0 aliphatic carbocycles. The molecule has 0 aromatic carbocycles. The molecule has 11 nitrogen and oxygen atoms in total. The van der Waals surface area contributed by atoms with Crippen LogP contribution in [0.2, 0.25) is 0 Å². The van der Waals surface area contributed by atoms with Gasteiger partial charge in [0.2, 0.25) is 0 Å².